The number of hydrogen-bond donors (Lipinski definition) is 1. The first-order valence-corrected chi connectivity index (χ1v) is 11.2. The number of anilines is 2. The topological polar surface area (TPSA) is 83.5 Å². The van der Waals surface area contributed by atoms with Gasteiger partial charge in [0.2, 0.25) is 0 Å². The number of carbonyl (C=O) groups excluding carboxylic acids is 1. The van der Waals surface area contributed by atoms with Crippen LogP contribution in [0.25, 0.3) is 11.0 Å². The average molecular weight is 433 g/mol. The molecule has 8 nitrogen and oxygen atoms in total. The van der Waals surface area contributed by atoms with Crippen molar-refractivity contribution in [2.24, 2.45) is 0 Å². The van der Waals surface area contributed by atoms with Gasteiger partial charge in [0.25, 0.3) is 5.91 Å². The second-order valence-corrected chi connectivity index (χ2v) is 8.71. The van der Waals surface area contributed by atoms with Crippen LogP contribution in [0, 0.1) is 0 Å². The molecular formula is C24H28N6O2. The molecule has 1 aliphatic heterocycles. The Morgan fingerprint density at radius 1 is 1.03 bits per heavy atom. The van der Waals surface area contributed by atoms with Crippen LogP contribution in [0.1, 0.15) is 36.0 Å². The van der Waals surface area contributed by atoms with Crippen molar-refractivity contribution in [3.8, 4) is 5.75 Å². The summed E-state index contributed by atoms with van der Waals surface area (Å²) in [4.78, 5) is 29.9. The Labute approximate surface area is 187 Å². The lowest BCUT2D eigenvalue weighted by molar-refractivity contribution is 0.0827. The molecule has 0 atom stereocenters. The number of nitrogens with one attached hydrogen (secondary N) is 1. The lowest BCUT2D eigenvalue weighted by atomic mass is 10.1. The third-order valence-electron chi connectivity index (χ3n) is 5.92. The Morgan fingerprint density at radius 2 is 1.78 bits per heavy atom. The van der Waals surface area contributed by atoms with Crippen LogP contribution in [0.3, 0.4) is 0 Å². The zero-order valence-electron chi connectivity index (χ0n) is 18.5. The highest BCUT2D eigenvalue weighted by Gasteiger charge is 2.28. The molecule has 3 heterocycles. The fraction of sp³-hybridized carbons (Fsp3) is 0.417. The molecule has 0 radical (unpaired) electrons. The molecular weight excluding hydrogens is 404 g/mol. The highest BCUT2D eigenvalue weighted by atomic mass is 16.5. The molecule has 1 saturated carbocycles. The van der Waals surface area contributed by atoms with Crippen LogP contribution in [-0.2, 0) is 0 Å². The van der Waals surface area contributed by atoms with Gasteiger partial charge in [-0.15, -0.1) is 0 Å². The number of piperidine rings is 1. The van der Waals surface area contributed by atoms with Crippen LogP contribution in [0.15, 0.2) is 42.7 Å². The third-order valence-corrected chi connectivity index (χ3v) is 5.92. The maximum absolute atomic E-state index is 12.1. The number of nitrogens with zero attached hydrogens (tertiary/aromatic N) is 5. The zero-order chi connectivity index (χ0) is 22.1. The van der Waals surface area contributed by atoms with E-state index >= 15 is 0 Å². The van der Waals surface area contributed by atoms with Gasteiger partial charge in [0.15, 0.2) is 11.6 Å². The van der Waals surface area contributed by atoms with Crippen LogP contribution >= 0.6 is 0 Å². The lowest BCUT2D eigenvalue weighted by Gasteiger charge is -2.33. The summed E-state index contributed by atoms with van der Waals surface area (Å²) in [5.41, 5.74) is 2.34. The molecule has 1 saturated heterocycles. The van der Waals surface area contributed by atoms with Crippen molar-refractivity contribution < 1.29 is 9.53 Å². The minimum absolute atomic E-state index is 0.00726. The van der Waals surface area contributed by atoms with Crippen LogP contribution in [0.5, 0.6) is 5.75 Å². The van der Waals surface area contributed by atoms with E-state index in [-0.39, 0.29) is 12.0 Å². The molecule has 0 bridgehead atoms. The fourth-order valence-corrected chi connectivity index (χ4v) is 3.95. The fourth-order valence-electron chi connectivity index (χ4n) is 3.95. The van der Waals surface area contributed by atoms with Crippen molar-refractivity contribution in [3.63, 3.8) is 0 Å². The third kappa shape index (κ3) is 4.44. The molecule has 1 aliphatic carbocycles. The van der Waals surface area contributed by atoms with E-state index < -0.39 is 0 Å². The zero-order valence-corrected chi connectivity index (χ0v) is 18.5. The van der Waals surface area contributed by atoms with Crippen LogP contribution in [0.2, 0.25) is 0 Å². The van der Waals surface area contributed by atoms with Crippen LogP contribution in [-0.4, -0.2) is 65.1 Å². The number of carbonyl (C=O) groups is 1. The summed E-state index contributed by atoms with van der Waals surface area (Å²) in [5, 5.41) is 3.55. The van der Waals surface area contributed by atoms with E-state index in [0.29, 0.717) is 11.6 Å². The quantitative estimate of drug-likeness (QED) is 0.639. The molecule has 166 valence electrons. The summed E-state index contributed by atoms with van der Waals surface area (Å²) in [6.45, 7) is 1.70. The monoisotopic (exact) mass is 432 g/mol. The van der Waals surface area contributed by atoms with E-state index in [1.807, 2.05) is 30.3 Å². The number of aromatic nitrogens is 3. The van der Waals surface area contributed by atoms with Gasteiger partial charge in [0.05, 0.1) is 11.7 Å². The first-order valence-electron chi connectivity index (χ1n) is 11.2. The normalized spacial score (nSPS) is 16.8. The van der Waals surface area contributed by atoms with E-state index in [1.165, 1.54) is 12.8 Å². The lowest BCUT2D eigenvalue weighted by Crippen LogP contribution is -2.39. The molecule has 8 heteroatoms. The standard InChI is InChI=1S/C24H28N6O2/c1-29(2)24(31)16-3-7-18(8-4-16)32-19-10-13-30(14-11-19)23-22(26-17-5-6-17)27-20-9-12-25-15-21(20)28-23/h3-4,7-9,12,15,17,19H,5-6,10-11,13-14H2,1-2H3,(H,26,27). The Bertz CT molecular complexity index is 1110. The summed E-state index contributed by atoms with van der Waals surface area (Å²) in [6, 6.07) is 9.81. The van der Waals surface area contributed by atoms with Crippen molar-refractivity contribution in [3.05, 3.63) is 48.3 Å². The number of benzene rings is 1. The van der Waals surface area contributed by atoms with Crippen molar-refractivity contribution in [1.82, 2.24) is 19.9 Å². The Kier molecular flexibility index (Phi) is 5.51. The van der Waals surface area contributed by atoms with Gasteiger partial charge in [-0.2, -0.15) is 0 Å². The second-order valence-electron chi connectivity index (χ2n) is 8.71. The molecule has 2 aliphatic rings. The maximum atomic E-state index is 12.1. The largest absolute Gasteiger partial charge is 0.490 e. The van der Waals surface area contributed by atoms with Gasteiger partial charge in [-0.25, -0.2) is 9.97 Å². The minimum Gasteiger partial charge on any atom is -0.490 e. The van der Waals surface area contributed by atoms with Gasteiger partial charge < -0.3 is 19.9 Å². The van der Waals surface area contributed by atoms with Crippen LogP contribution < -0.4 is 15.0 Å². The first-order chi connectivity index (χ1) is 15.6. The Hall–Kier alpha value is -3.42. The molecule has 32 heavy (non-hydrogen) atoms. The summed E-state index contributed by atoms with van der Waals surface area (Å²) in [5.74, 6) is 2.56. The minimum atomic E-state index is -0.00726. The van der Waals surface area contributed by atoms with Gasteiger partial charge in [-0.1, -0.05) is 0 Å². The van der Waals surface area contributed by atoms with Gasteiger partial charge >= 0.3 is 0 Å². The number of ether oxygens (including phenoxy) is 1. The van der Waals surface area contributed by atoms with Gasteiger partial charge in [-0.05, 0) is 43.2 Å². The van der Waals surface area contributed by atoms with E-state index in [0.717, 1.165) is 54.3 Å². The van der Waals surface area contributed by atoms with Gasteiger partial charge in [0, 0.05) is 57.8 Å². The predicted molar refractivity (Wildman–Crippen MR) is 124 cm³/mol. The molecule has 1 N–H and O–H groups in total. The SMILES string of the molecule is CN(C)C(=O)c1ccc(OC2CCN(c3nc4cnccc4nc3NC3CC3)CC2)cc1. The molecule has 1 amide bonds. The van der Waals surface area contributed by atoms with Crippen LogP contribution in [0.4, 0.5) is 11.6 Å². The van der Waals surface area contributed by atoms with Crippen molar-refractivity contribution >= 4 is 28.6 Å². The smallest absolute Gasteiger partial charge is 0.253 e. The highest BCUT2D eigenvalue weighted by Crippen LogP contribution is 2.32. The highest BCUT2D eigenvalue weighted by molar-refractivity contribution is 5.93. The Balaban J connectivity index is 1.25. The summed E-state index contributed by atoms with van der Waals surface area (Å²) < 4.78 is 6.20. The molecule has 3 aromatic rings. The summed E-state index contributed by atoms with van der Waals surface area (Å²) in [6.07, 6.45) is 7.82. The maximum Gasteiger partial charge on any atom is 0.253 e. The number of amides is 1. The van der Waals surface area contributed by atoms with Crippen molar-refractivity contribution in [1.29, 1.82) is 0 Å². The second kappa shape index (κ2) is 8.61. The predicted octanol–water partition coefficient (Wildman–Crippen LogP) is 3.35. The molecule has 1 aromatic carbocycles. The Morgan fingerprint density at radius 3 is 2.47 bits per heavy atom. The number of fused-ring (bicyclic) bond motifs is 1. The average Bonchev–Trinajstić information content (AvgIpc) is 3.63. The number of rotatable bonds is 6. The summed E-state index contributed by atoms with van der Waals surface area (Å²) in [7, 11) is 3.51. The van der Waals surface area contributed by atoms with Crippen molar-refractivity contribution in [2.75, 3.05) is 37.4 Å². The molecule has 0 spiro atoms. The van der Waals surface area contributed by atoms with E-state index in [9.17, 15) is 4.79 Å². The van der Waals surface area contributed by atoms with E-state index in [4.69, 9.17) is 14.7 Å². The molecule has 2 aromatic heterocycles. The number of hydrogen-bond acceptors (Lipinski definition) is 7. The van der Waals surface area contributed by atoms with E-state index in [2.05, 4.69) is 15.2 Å². The molecule has 0 unspecified atom stereocenters. The molecule has 5 rings (SSSR count). The van der Waals surface area contributed by atoms with Gasteiger partial charge in [0.1, 0.15) is 17.4 Å². The van der Waals surface area contributed by atoms with E-state index in [1.54, 1.807) is 31.4 Å². The molecule has 2 fully saturated rings. The number of pyridine rings is 1. The van der Waals surface area contributed by atoms with Crippen molar-refractivity contribution in [2.45, 2.75) is 37.8 Å². The summed E-state index contributed by atoms with van der Waals surface area (Å²) >= 11 is 0. The van der Waals surface area contributed by atoms with Gasteiger partial charge in [-0.3, -0.25) is 9.78 Å². The first kappa shape index (κ1) is 20.5.